The minimum Gasteiger partial charge on any atom is -0.372 e. The number of carbonyl (C=O) groups is 1. The number of hydrogen-bond donors (Lipinski definition) is 2. The Bertz CT molecular complexity index is 538. The highest BCUT2D eigenvalue weighted by Crippen LogP contribution is 2.14. The molecule has 0 bridgehead atoms. The molecule has 0 aliphatic rings. The average Bonchev–Trinajstić information content (AvgIpc) is 2.35. The summed E-state index contributed by atoms with van der Waals surface area (Å²) in [7, 11) is -3.51. The summed E-state index contributed by atoms with van der Waals surface area (Å²) in [5.74, 6) is -0.275. The van der Waals surface area contributed by atoms with E-state index >= 15 is 0 Å². The summed E-state index contributed by atoms with van der Waals surface area (Å²) in [6.45, 7) is 5.74. The van der Waals surface area contributed by atoms with Gasteiger partial charge in [-0.1, -0.05) is 0 Å². The van der Waals surface area contributed by atoms with Crippen LogP contribution in [0.4, 0.5) is 5.69 Å². The van der Waals surface area contributed by atoms with Crippen LogP contribution in [0.25, 0.3) is 0 Å². The molecule has 2 N–H and O–H groups in total. The summed E-state index contributed by atoms with van der Waals surface area (Å²) < 4.78 is 31.3. The van der Waals surface area contributed by atoms with Crippen molar-refractivity contribution in [2.45, 2.75) is 31.7 Å². The molecule has 0 fully saturated rings. The third-order valence-electron chi connectivity index (χ3n) is 2.28. The van der Waals surface area contributed by atoms with Crippen LogP contribution in [-0.4, -0.2) is 33.6 Å². The Morgan fingerprint density at radius 1 is 1.25 bits per heavy atom. The molecule has 0 heterocycles. The van der Waals surface area contributed by atoms with Crippen molar-refractivity contribution in [3.63, 3.8) is 0 Å². The summed E-state index contributed by atoms with van der Waals surface area (Å²) in [6, 6.07) is 5.80. The molecule has 0 aliphatic carbocycles. The molecule has 0 aromatic heterocycles. The second-order valence-corrected chi connectivity index (χ2v) is 6.20. The van der Waals surface area contributed by atoms with Gasteiger partial charge in [0.15, 0.2) is 0 Å². The molecular weight excluding hydrogens is 280 g/mol. The number of anilines is 1. The fourth-order valence-electron chi connectivity index (χ4n) is 1.49. The van der Waals surface area contributed by atoms with E-state index in [-0.39, 0.29) is 23.5 Å². The quantitative estimate of drug-likeness (QED) is 0.796. The first kappa shape index (κ1) is 16.6. The van der Waals surface area contributed by atoms with Crippen LogP contribution < -0.4 is 10.0 Å². The zero-order chi connectivity index (χ0) is 15.2. The second-order valence-electron chi connectivity index (χ2n) is 4.49. The van der Waals surface area contributed by atoms with Crippen LogP contribution in [-0.2, 0) is 19.6 Å². The summed E-state index contributed by atoms with van der Waals surface area (Å²) in [5, 5.41) is 2.62. The molecular formula is C13H20N2O4S. The first-order valence-corrected chi connectivity index (χ1v) is 7.83. The lowest BCUT2D eigenvalue weighted by atomic mass is 10.3. The number of rotatable bonds is 7. The molecule has 0 unspecified atom stereocenters. The van der Waals surface area contributed by atoms with Crippen molar-refractivity contribution < 1.29 is 17.9 Å². The van der Waals surface area contributed by atoms with E-state index < -0.39 is 10.0 Å². The second kappa shape index (κ2) is 7.37. The van der Waals surface area contributed by atoms with Gasteiger partial charge in [0.2, 0.25) is 15.9 Å². The Hall–Kier alpha value is -1.44. The molecule has 0 spiro atoms. The van der Waals surface area contributed by atoms with Crippen LogP contribution >= 0.6 is 0 Å². The van der Waals surface area contributed by atoms with E-state index in [0.717, 1.165) is 0 Å². The Kier molecular flexibility index (Phi) is 6.12. The van der Waals surface area contributed by atoms with E-state index in [9.17, 15) is 13.2 Å². The third kappa shape index (κ3) is 5.28. The first-order valence-electron chi connectivity index (χ1n) is 6.35. The molecule has 112 valence electrons. The number of sulfonamides is 1. The van der Waals surface area contributed by atoms with Gasteiger partial charge >= 0.3 is 0 Å². The van der Waals surface area contributed by atoms with Gasteiger partial charge in [0.1, 0.15) is 6.61 Å². The molecule has 1 aromatic rings. The lowest BCUT2D eigenvalue weighted by Gasteiger charge is -2.10. The fraction of sp³-hybridized carbons (Fsp3) is 0.462. The summed E-state index contributed by atoms with van der Waals surface area (Å²) in [4.78, 5) is 11.6. The number of ether oxygens (including phenoxy) is 1. The van der Waals surface area contributed by atoms with Gasteiger partial charge in [-0.15, -0.1) is 0 Å². The number of carbonyl (C=O) groups excluding carboxylic acids is 1. The van der Waals surface area contributed by atoms with E-state index in [4.69, 9.17) is 4.74 Å². The lowest BCUT2D eigenvalue weighted by molar-refractivity contribution is -0.120. The highest BCUT2D eigenvalue weighted by atomic mass is 32.2. The van der Waals surface area contributed by atoms with Crippen LogP contribution in [0.3, 0.4) is 0 Å². The van der Waals surface area contributed by atoms with Crippen molar-refractivity contribution in [3.8, 4) is 0 Å². The Balaban J connectivity index is 2.72. The van der Waals surface area contributed by atoms with Gasteiger partial charge < -0.3 is 10.1 Å². The van der Waals surface area contributed by atoms with Crippen LogP contribution in [0.5, 0.6) is 0 Å². The zero-order valence-corrected chi connectivity index (χ0v) is 12.7. The van der Waals surface area contributed by atoms with E-state index in [2.05, 4.69) is 10.0 Å². The van der Waals surface area contributed by atoms with Gasteiger partial charge in [0, 0.05) is 18.3 Å². The maximum absolute atomic E-state index is 11.9. The van der Waals surface area contributed by atoms with Crippen molar-refractivity contribution in [2.75, 3.05) is 18.5 Å². The molecule has 0 saturated carbocycles. The first-order chi connectivity index (χ1) is 9.35. The van der Waals surface area contributed by atoms with Crippen LogP contribution in [0.2, 0.25) is 0 Å². The number of amides is 1. The van der Waals surface area contributed by atoms with Crippen molar-refractivity contribution >= 4 is 21.6 Å². The van der Waals surface area contributed by atoms with Gasteiger partial charge in [-0.25, -0.2) is 13.1 Å². The van der Waals surface area contributed by atoms with Crippen LogP contribution in [0.1, 0.15) is 20.8 Å². The summed E-state index contributed by atoms with van der Waals surface area (Å²) in [5.41, 5.74) is 0.526. The normalized spacial score (nSPS) is 11.6. The lowest BCUT2D eigenvalue weighted by Crippen LogP contribution is -2.30. The summed E-state index contributed by atoms with van der Waals surface area (Å²) >= 11 is 0. The van der Waals surface area contributed by atoms with Crippen molar-refractivity contribution in [1.29, 1.82) is 0 Å². The van der Waals surface area contributed by atoms with Crippen LogP contribution in [0, 0.1) is 0 Å². The van der Waals surface area contributed by atoms with E-state index in [1.165, 1.54) is 12.1 Å². The average molecular weight is 300 g/mol. The molecule has 7 heteroatoms. The number of nitrogens with one attached hydrogen (secondary N) is 2. The van der Waals surface area contributed by atoms with E-state index in [1.807, 2.05) is 0 Å². The smallest absolute Gasteiger partial charge is 0.250 e. The third-order valence-corrected chi connectivity index (χ3v) is 3.95. The largest absolute Gasteiger partial charge is 0.372 e. The molecule has 1 rings (SSSR count). The monoisotopic (exact) mass is 300 g/mol. The Morgan fingerprint density at radius 3 is 2.35 bits per heavy atom. The molecule has 0 saturated heterocycles. The minimum atomic E-state index is -3.51. The van der Waals surface area contributed by atoms with Gasteiger partial charge in [0.25, 0.3) is 0 Å². The molecule has 1 amide bonds. The maximum atomic E-state index is 11.9. The molecule has 6 nitrogen and oxygen atoms in total. The molecule has 0 aliphatic heterocycles. The van der Waals surface area contributed by atoms with Gasteiger partial charge in [-0.05, 0) is 45.0 Å². The van der Waals surface area contributed by atoms with Gasteiger partial charge in [-0.3, -0.25) is 4.79 Å². The SMILES string of the molecule is CCOCC(=O)Nc1ccc(S(=O)(=O)NC(C)C)cc1. The number of benzene rings is 1. The maximum Gasteiger partial charge on any atom is 0.250 e. The van der Waals surface area contributed by atoms with E-state index in [0.29, 0.717) is 12.3 Å². The van der Waals surface area contributed by atoms with Crippen molar-refractivity contribution in [3.05, 3.63) is 24.3 Å². The Labute approximate surface area is 119 Å². The predicted octanol–water partition coefficient (Wildman–Crippen LogP) is 1.35. The van der Waals surface area contributed by atoms with Crippen molar-refractivity contribution in [2.24, 2.45) is 0 Å². The highest BCUT2D eigenvalue weighted by Gasteiger charge is 2.15. The molecule has 0 atom stereocenters. The molecule has 20 heavy (non-hydrogen) atoms. The Morgan fingerprint density at radius 2 is 1.85 bits per heavy atom. The minimum absolute atomic E-state index is 0.0224. The van der Waals surface area contributed by atoms with Gasteiger partial charge in [0.05, 0.1) is 4.90 Å². The fourth-order valence-corrected chi connectivity index (χ4v) is 2.74. The van der Waals surface area contributed by atoms with Crippen molar-refractivity contribution in [1.82, 2.24) is 4.72 Å². The van der Waals surface area contributed by atoms with Crippen LogP contribution in [0.15, 0.2) is 29.2 Å². The van der Waals surface area contributed by atoms with Gasteiger partial charge in [-0.2, -0.15) is 0 Å². The number of hydrogen-bond acceptors (Lipinski definition) is 4. The standard InChI is InChI=1S/C13H20N2O4S/c1-4-19-9-13(16)14-11-5-7-12(8-6-11)20(17,18)15-10(2)3/h5-8,10,15H,4,9H2,1-3H3,(H,14,16). The van der Waals surface area contributed by atoms with E-state index in [1.54, 1.807) is 32.9 Å². The predicted molar refractivity (Wildman–Crippen MR) is 77.0 cm³/mol. The zero-order valence-electron chi connectivity index (χ0n) is 11.8. The molecule has 0 radical (unpaired) electrons. The molecule has 1 aromatic carbocycles. The highest BCUT2D eigenvalue weighted by molar-refractivity contribution is 7.89. The topological polar surface area (TPSA) is 84.5 Å². The summed E-state index contributed by atoms with van der Waals surface area (Å²) in [6.07, 6.45) is 0.